The van der Waals surface area contributed by atoms with Crippen LogP contribution in [0.1, 0.15) is 12.5 Å². The van der Waals surface area contributed by atoms with Crippen LogP contribution in [0.15, 0.2) is 30.5 Å². The van der Waals surface area contributed by atoms with E-state index in [0.29, 0.717) is 11.3 Å². The summed E-state index contributed by atoms with van der Waals surface area (Å²) >= 11 is 1.21. The Hall–Kier alpha value is -2.78. The molecule has 1 aromatic heterocycles. The van der Waals surface area contributed by atoms with Gasteiger partial charge in [0.2, 0.25) is 5.44 Å². The molecule has 2 aromatic rings. The van der Waals surface area contributed by atoms with Crippen molar-refractivity contribution in [3.8, 4) is 23.7 Å². The molecule has 8 heteroatoms. The Bertz CT molecular complexity index is 948. The summed E-state index contributed by atoms with van der Waals surface area (Å²) in [6.07, 6.45) is 3.37. The van der Waals surface area contributed by atoms with Gasteiger partial charge in [0, 0.05) is 24.3 Å². The van der Waals surface area contributed by atoms with Gasteiger partial charge in [-0.1, -0.05) is 11.8 Å². The minimum absolute atomic E-state index is 0.0651. The number of benzene rings is 1. The van der Waals surface area contributed by atoms with Gasteiger partial charge in [-0.05, 0) is 37.4 Å². The molecular weight excluding hydrogens is 378 g/mol. The van der Waals surface area contributed by atoms with E-state index in [1.54, 1.807) is 37.6 Å². The highest BCUT2D eigenvalue weighted by atomic mass is 32.2. The van der Waals surface area contributed by atoms with Crippen LogP contribution in [-0.2, 0) is 9.53 Å². The van der Waals surface area contributed by atoms with Crippen molar-refractivity contribution in [1.29, 1.82) is 5.26 Å². The largest absolute Gasteiger partial charge is 0.470 e. The van der Waals surface area contributed by atoms with Crippen molar-refractivity contribution in [2.75, 3.05) is 26.6 Å². The van der Waals surface area contributed by atoms with E-state index < -0.39 is 16.9 Å². The monoisotopic (exact) mass is 399 g/mol. The predicted octanol–water partition coefficient (Wildman–Crippen LogP) is 1.69. The number of fused-ring (bicyclic) bond motifs is 1. The normalized spacial score (nSPS) is 13.5. The summed E-state index contributed by atoms with van der Waals surface area (Å²) in [6, 6.07) is 9.15. The lowest BCUT2D eigenvalue weighted by molar-refractivity contribution is -0.126. The van der Waals surface area contributed by atoms with E-state index in [0.717, 1.165) is 10.9 Å². The Kier molecular flexibility index (Phi) is 7.65. The van der Waals surface area contributed by atoms with Crippen molar-refractivity contribution in [2.45, 2.75) is 17.9 Å². The number of ether oxygens (including phenoxy) is 2. The molecule has 2 unspecified atom stereocenters. The van der Waals surface area contributed by atoms with Crippen LogP contribution in [0.3, 0.4) is 0 Å². The summed E-state index contributed by atoms with van der Waals surface area (Å²) in [7, 11) is 1.46. The van der Waals surface area contributed by atoms with Crippen molar-refractivity contribution >= 4 is 28.6 Å². The number of methoxy groups -OCH3 is 1. The molecule has 0 saturated carbocycles. The van der Waals surface area contributed by atoms with Crippen molar-refractivity contribution in [3.63, 3.8) is 0 Å². The Balaban J connectivity index is 2.20. The van der Waals surface area contributed by atoms with Gasteiger partial charge in [-0.25, -0.2) is 0 Å². The summed E-state index contributed by atoms with van der Waals surface area (Å²) in [6.45, 7) is 1.43. The quantitative estimate of drug-likeness (QED) is 0.539. The molecule has 2 N–H and O–H groups in total. The lowest BCUT2D eigenvalue weighted by atomic mass is 10.1. The van der Waals surface area contributed by atoms with E-state index in [1.165, 1.54) is 18.9 Å². The van der Waals surface area contributed by atoms with Crippen molar-refractivity contribution in [3.05, 3.63) is 36.0 Å². The number of rotatable bonds is 7. The predicted molar refractivity (Wildman–Crippen MR) is 108 cm³/mol. The number of hydrogen-bond acceptors (Lipinski definition) is 7. The van der Waals surface area contributed by atoms with E-state index >= 15 is 0 Å². The van der Waals surface area contributed by atoms with E-state index in [9.17, 15) is 10.1 Å². The maximum absolute atomic E-state index is 12.5. The van der Waals surface area contributed by atoms with Crippen molar-refractivity contribution in [1.82, 2.24) is 10.3 Å². The Morgan fingerprint density at radius 1 is 1.46 bits per heavy atom. The van der Waals surface area contributed by atoms with Gasteiger partial charge in [0.25, 0.3) is 5.91 Å². The molecule has 1 heterocycles. The van der Waals surface area contributed by atoms with Gasteiger partial charge in [0.05, 0.1) is 18.2 Å². The lowest BCUT2D eigenvalue weighted by Gasteiger charge is -2.25. The van der Waals surface area contributed by atoms with E-state index in [4.69, 9.17) is 14.6 Å². The fraction of sp³-hybridized carbons (Fsp3) is 0.350. The zero-order valence-corrected chi connectivity index (χ0v) is 16.7. The zero-order chi connectivity index (χ0) is 20.6. The number of nitrogens with one attached hydrogen (secondary N) is 1. The van der Waals surface area contributed by atoms with Gasteiger partial charge >= 0.3 is 0 Å². The van der Waals surface area contributed by atoms with Crippen LogP contribution in [0.4, 0.5) is 0 Å². The second-order valence-electron chi connectivity index (χ2n) is 6.09. The number of aromatic nitrogens is 1. The zero-order valence-electron chi connectivity index (χ0n) is 15.9. The molecule has 0 fully saturated rings. The van der Waals surface area contributed by atoms with Gasteiger partial charge < -0.3 is 19.9 Å². The van der Waals surface area contributed by atoms with Crippen molar-refractivity contribution in [2.24, 2.45) is 0 Å². The SMILES string of the molecule is COCC(C)(C#N)NC(=O)C(Oc1ccc2ncc(C#CCO)cc2c1)SC. The minimum atomic E-state index is -1.14. The Labute approximate surface area is 168 Å². The fourth-order valence-corrected chi connectivity index (χ4v) is 2.92. The number of carbonyl (C=O) groups excluding carboxylic acids is 1. The third-order valence-corrected chi connectivity index (χ3v) is 4.45. The first kappa shape index (κ1) is 21.5. The molecule has 0 spiro atoms. The molecule has 0 radical (unpaired) electrons. The van der Waals surface area contributed by atoms with E-state index in [1.807, 2.05) is 12.1 Å². The van der Waals surface area contributed by atoms with Crippen LogP contribution < -0.4 is 10.1 Å². The summed E-state index contributed by atoms with van der Waals surface area (Å²) < 4.78 is 10.8. The molecule has 7 nitrogen and oxygen atoms in total. The van der Waals surface area contributed by atoms with E-state index in [2.05, 4.69) is 22.1 Å². The second kappa shape index (κ2) is 9.95. The molecule has 0 aliphatic rings. The lowest BCUT2D eigenvalue weighted by Crippen LogP contribution is -2.52. The standard InChI is InChI=1S/C20H21N3O4S/c1-20(12-21,13-26-2)23-18(25)19(28-3)27-16-6-7-17-15(10-16)9-14(11-22-17)5-4-8-24/h6-7,9-11,19,24H,8,13H2,1-3H3,(H,23,25). The minimum Gasteiger partial charge on any atom is -0.470 e. The van der Waals surface area contributed by atoms with Gasteiger partial charge in [0.1, 0.15) is 17.9 Å². The number of thioether (sulfide) groups is 1. The number of aliphatic hydroxyl groups excluding tert-OH is 1. The number of carbonyl (C=O) groups is 1. The first-order valence-electron chi connectivity index (χ1n) is 8.36. The Morgan fingerprint density at radius 3 is 2.89 bits per heavy atom. The molecule has 1 amide bonds. The summed E-state index contributed by atoms with van der Waals surface area (Å²) in [5.41, 5.74) is -0.560. The maximum atomic E-state index is 12.5. The van der Waals surface area contributed by atoms with Crippen LogP contribution in [0.5, 0.6) is 5.75 Å². The molecule has 2 rings (SSSR count). The first-order valence-corrected chi connectivity index (χ1v) is 9.64. The number of nitrogens with zero attached hydrogens (tertiary/aromatic N) is 2. The number of nitriles is 1. The molecule has 0 saturated heterocycles. The highest BCUT2D eigenvalue weighted by Crippen LogP contribution is 2.23. The Morgan fingerprint density at radius 2 is 2.25 bits per heavy atom. The average Bonchev–Trinajstić information content (AvgIpc) is 2.70. The topological polar surface area (TPSA) is 104 Å². The van der Waals surface area contributed by atoms with Crippen LogP contribution in [0.25, 0.3) is 10.9 Å². The molecule has 0 bridgehead atoms. The number of hydrogen-bond donors (Lipinski definition) is 2. The van der Waals surface area contributed by atoms with Gasteiger partial charge in [-0.2, -0.15) is 5.26 Å². The van der Waals surface area contributed by atoms with Crippen LogP contribution >= 0.6 is 11.8 Å². The van der Waals surface area contributed by atoms with Gasteiger partial charge in [0.15, 0.2) is 0 Å². The third-order valence-electron chi connectivity index (χ3n) is 3.71. The van der Waals surface area contributed by atoms with Crippen molar-refractivity contribution < 1.29 is 19.4 Å². The number of amides is 1. The highest BCUT2D eigenvalue weighted by molar-refractivity contribution is 7.99. The summed E-state index contributed by atoms with van der Waals surface area (Å²) in [4.78, 5) is 16.9. The second-order valence-corrected chi connectivity index (χ2v) is 6.99. The highest BCUT2D eigenvalue weighted by Gasteiger charge is 2.30. The van der Waals surface area contributed by atoms with Gasteiger partial charge in [-0.3, -0.25) is 9.78 Å². The molecule has 28 heavy (non-hydrogen) atoms. The molecule has 1 aromatic carbocycles. The molecule has 0 aliphatic heterocycles. The maximum Gasteiger partial charge on any atom is 0.273 e. The van der Waals surface area contributed by atoms with Crippen LogP contribution in [0, 0.1) is 23.2 Å². The van der Waals surface area contributed by atoms with Gasteiger partial charge in [-0.15, -0.1) is 11.8 Å². The smallest absolute Gasteiger partial charge is 0.273 e. The molecular formula is C20H21N3O4S. The first-order chi connectivity index (χ1) is 13.4. The van der Waals surface area contributed by atoms with Crippen LogP contribution in [0.2, 0.25) is 0 Å². The van der Waals surface area contributed by atoms with Crippen LogP contribution in [-0.4, -0.2) is 53.6 Å². The average molecular weight is 399 g/mol. The third kappa shape index (κ3) is 5.61. The molecule has 0 aliphatic carbocycles. The number of aliphatic hydroxyl groups is 1. The molecule has 2 atom stereocenters. The van der Waals surface area contributed by atoms with E-state index in [-0.39, 0.29) is 13.2 Å². The summed E-state index contributed by atoms with van der Waals surface area (Å²) in [5.74, 6) is 5.45. The summed E-state index contributed by atoms with van der Waals surface area (Å²) in [5, 5.41) is 21.6. The number of pyridine rings is 1. The fourth-order valence-electron chi connectivity index (χ4n) is 2.44. The molecule has 146 valence electrons.